The van der Waals surface area contributed by atoms with Crippen LogP contribution in [0.5, 0.6) is 0 Å². The summed E-state index contributed by atoms with van der Waals surface area (Å²) in [7, 11) is 0. The molecule has 3 rings (SSSR count). The molecule has 1 atom stereocenters. The molecule has 2 aromatic rings. The van der Waals surface area contributed by atoms with Gasteiger partial charge in [-0.15, -0.1) is 0 Å². The molecule has 7 nitrogen and oxygen atoms in total. The fourth-order valence-electron chi connectivity index (χ4n) is 3.33. The van der Waals surface area contributed by atoms with E-state index in [1.165, 1.54) is 23.8 Å². The zero-order chi connectivity index (χ0) is 19.2. The molecule has 1 aliphatic rings. The Kier molecular flexibility index (Phi) is 5.80. The summed E-state index contributed by atoms with van der Waals surface area (Å²) < 4.78 is 5.00. The number of esters is 1. The summed E-state index contributed by atoms with van der Waals surface area (Å²) in [5.74, 6) is -1.06. The van der Waals surface area contributed by atoms with Crippen LogP contribution in [0.2, 0.25) is 0 Å². The molecule has 140 valence electrons. The van der Waals surface area contributed by atoms with E-state index in [1.54, 1.807) is 6.07 Å². The summed E-state index contributed by atoms with van der Waals surface area (Å²) in [5, 5.41) is 13.9. The maximum absolute atomic E-state index is 12.2. The first-order valence-electron chi connectivity index (χ1n) is 8.79. The van der Waals surface area contributed by atoms with Crippen molar-refractivity contribution in [2.24, 2.45) is 0 Å². The second-order valence-corrected chi connectivity index (χ2v) is 6.43. The van der Waals surface area contributed by atoms with Crippen LogP contribution >= 0.6 is 0 Å². The van der Waals surface area contributed by atoms with Crippen LogP contribution in [0.1, 0.15) is 35.6 Å². The standard InChI is InChI=1S/C20H20N2O5/c23-19(21-17-10-5-8-14-6-1-3-9-16(14)17)13-27-20(24)12-15-7-2-4-11-18(15)22(25)26/h1-4,6-7,9,11,17H,5,8,10,12-13H2,(H,21,23)/t17-/m0/s1. The van der Waals surface area contributed by atoms with Crippen molar-refractivity contribution in [1.82, 2.24) is 5.32 Å². The van der Waals surface area contributed by atoms with Crippen LogP contribution in [-0.4, -0.2) is 23.4 Å². The number of hydrogen-bond acceptors (Lipinski definition) is 5. The number of nitro groups is 1. The Balaban J connectivity index is 1.53. The summed E-state index contributed by atoms with van der Waals surface area (Å²) in [5.41, 5.74) is 2.44. The van der Waals surface area contributed by atoms with Crippen molar-refractivity contribution < 1.29 is 19.2 Å². The van der Waals surface area contributed by atoms with Gasteiger partial charge in [0.25, 0.3) is 11.6 Å². The van der Waals surface area contributed by atoms with E-state index >= 15 is 0 Å². The topological polar surface area (TPSA) is 98.5 Å². The highest BCUT2D eigenvalue weighted by Gasteiger charge is 2.22. The molecule has 0 aromatic heterocycles. The number of carbonyl (C=O) groups excluding carboxylic acids is 2. The Hall–Kier alpha value is -3.22. The SMILES string of the molecule is O=C(COC(=O)Cc1ccccc1[N+](=O)[O-])N[C@H]1CCCc2ccccc21. The minimum absolute atomic E-state index is 0.0867. The van der Waals surface area contributed by atoms with Gasteiger partial charge in [-0.3, -0.25) is 19.7 Å². The molecule has 0 fully saturated rings. The van der Waals surface area contributed by atoms with E-state index in [0.29, 0.717) is 0 Å². The first kappa shape index (κ1) is 18.6. The number of nitrogens with zero attached hydrogens (tertiary/aromatic N) is 1. The Bertz CT molecular complexity index is 865. The zero-order valence-corrected chi connectivity index (χ0v) is 14.7. The molecule has 7 heteroatoms. The molecular weight excluding hydrogens is 348 g/mol. The van der Waals surface area contributed by atoms with Crippen LogP contribution < -0.4 is 5.32 Å². The fraction of sp³-hybridized carbons (Fsp3) is 0.300. The lowest BCUT2D eigenvalue weighted by Crippen LogP contribution is -2.34. The molecule has 0 spiro atoms. The second-order valence-electron chi connectivity index (χ2n) is 6.43. The van der Waals surface area contributed by atoms with Crippen molar-refractivity contribution in [1.29, 1.82) is 0 Å². The average Bonchev–Trinajstić information content (AvgIpc) is 2.67. The smallest absolute Gasteiger partial charge is 0.311 e. The van der Waals surface area contributed by atoms with Gasteiger partial charge < -0.3 is 10.1 Å². The largest absolute Gasteiger partial charge is 0.455 e. The molecule has 1 aliphatic carbocycles. The summed E-state index contributed by atoms with van der Waals surface area (Å²) in [6, 6.07) is 13.9. The monoisotopic (exact) mass is 368 g/mol. The zero-order valence-electron chi connectivity index (χ0n) is 14.7. The number of carbonyl (C=O) groups is 2. The fourth-order valence-corrected chi connectivity index (χ4v) is 3.33. The maximum atomic E-state index is 12.2. The number of fused-ring (bicyclic) bond motifs is 1. The normalized spacial score (nSPS) is 15.5. The highest BCUT2D eigenvalue weighted by Crippen LogP contribution is 2.29. The van der Waals surface area contributed by atoms with Crippen LogP contribution in [0.4, 0.5) is 5.69 Å². The van der Waals surface area contributed by atoms with Gasteiger partial charge in [0.05, 0.1) is 17.4 Å². The van der Waals surface area contributed by atoms with Crippen LogP contribution in [0.25, 0.3) is 0 Å². The predicted octanol–water partition coefficient (Wildman–Crippen LogP) is 2.87. The number of ether oxygens (including phenoxy) is 1. The van der Waals surface area contributed by atoms with Crippen molar-refractivity contribution in [2.75, 3.05) is 6.61 Å². The van der Waals surface area contributed by atoms with Crippen molar-refractivity contribution >= 4 is 17.6 Å². The molecule has 1 N–H and O–H groups in total. The van der Waals surface area contributed by atoms with Crippen LogP contribution in [0.3, 0.4) is 0 Å². The minimum Gasteiger partial charge on any atom is -0.455 e. The van der Waals surface area contributed by atoms with Gasteiger partial charge in [0.2, 0.25) is 0 Å². The number of rotatable bonds is 6. The van der Waals surface area contributed by atoms with Gasteiger partial charge >= 0.3 is 5.97 Å². The summed E-state index contributed by atoms with van der Waals surface area (Å²) in [4.78, 5) is 34.5. The highest BCUT2D eigenvalue weighted by atomic mass is 16.6. The number of nitrogens with one attached hydrogen (secondary N) is 1. The molecule has 0 radical (unpaired) electrons. The Morgan fingerprint density at radius 1 is 1.15 bits per heavy atom. The Morgan fingerprint density at radius 3 is 2.70 bits per heavy atom. The molecule has 0 aliphatic heterocycles. The van der Waals surface area contributed by atoms with E-state index < -0.39 is 17.5 Å². The van der Waals surface area contributed by atoms with Crippen molar-refractivity contribution in [2.45, 2.75) is 31.7 Å². The molecule has 27 heavy (non-hydrogen) atoms. The first-order chi connectivity index (χ1) is 13.0. The van der Waals surface area contributed by atoms with Crippen LogP contribution in [-0.2, 0) is 27.2 Å². The molecule has 1 amide bonds. The van der Waals surface area contributed by atoms with Crippen molar-refractivity contribution in [3.63, 3.8) is 0 Å². The molecule has 0 saturated heterocycles. The Morgan fingerprint density at radius 2 is 1.89 bits per heavy atom. The third-order valence-corrected chi connectivity index (χ3v) is 4.59. The molecular formula is C20H20N2O5. The summed E-state index contributed by atoms with van der Waals surface area (Å²) >= 11 is 0. The third kappa shape index (κ3) is 4.69. The number of aryl methyl sites for hydroxylation is 1. The van der Waals surface area contributed by atoms with Gasteiger partial charge in [0.1, 0.15) is 0 Å². The van der Waals surface area contributed by atoms with E-state index in [1.807, 2.05) is 18.2 Å². The van der Waals surface area contributed by atoms with Gasteiger partial charge in [-0.2, -0.15) is 0 Å². The van der Waals surface area contributed by atoms with E-state index in [4.69, 9.17) is 4.74 Å². The summed E-state index contributed by atoms with van der Waals surface area (Å²) in [6.45, 7) is -0.405. The lowest BCUT2D eigenvalue weighted by Gasteiger charge is -2.26. The first-order valence-corrected chi connectivity index (χ1v) is 8.79. The predicted molar refractivity (Wildman–Crippen MR) is 98.0 cm³/mol. The average molecular weight is 368 g/mol. The van der Waals surface area contributed by atoms with Crippen molar-refractivity contribution in [3.8, 4) is 0 Å². The number of benzene rings is 2. The summed E-state index contributed by atoms with van der Waals surface area (Å²) in [6.07, 6.45) is 2.57. The van der Waals surface area contributed by atoms with E-state index in [2.05, 4.69) is 11.4 Å². The quantitative estimate of drug-likeness (QED) is 0.480. The van der Waals surface area contributed by atoms with Crippen molar-refractivity contribution in [3.05, 3.63) is 75.3 Å². The number of amides is 1. The molecule has 0 unspecified atom stereocenters. The molecule has 2 aromatic carbocycles. The highest BCUT2D eigenvalue weighted by molar-refractivity contribution is 5.82. The Labute approximate surface area is 156 Å². The lowest BCUT2D eigenvalue weighted by atomic mass is 9.88. The minimum atomic E-state index is -0.677. The van der Waals surface area contributed by atoms with E-state index in [-0.39, 0.29) is 29.6 Å². The van der Waals surface area contributed by atoms with E-state index in [9.17, 15) is 19.7 Å². The molecule has 0 bridgehead atoms. The van der Waals surface area contributed by atoms with Gasteiger partial charge in [-0.25, -0.2) is 0 Å². The van der Waals surface area contributed by atoms with Gasteiger partial charge in [-0.1, -0.05) is 42.5 Å². The van der Waals surface area contributed by atoms with Gasteiger partial charge in [0, 0.05) is 11.6 Å². The van der Waals surface area contributed by atoms with Crippen LogP contribution in [0, 0.1) is 10.1 Å². The number of para-hydroxylation sites is 1. The van der Waals surface area contributed by atoms with Gasteiger partial charge in [-0.05, 0) is 30.4 Å². The second kappa shape index (κ2) is 8.44. The lowest BCUT2D eigenvalue weighted by molar-refractivity contribution is -0.385. The maximum Gasteiger partial charge on any atom is 0.311 e. The molecule has 0 heterocycles. The molecule has 0 saturated carbocycles. The number of nitro benzene ring substituents is 1. The van der Waals surface area contributed by atoms with E-state index in [0.717, 1.165) is 24.8 Å². The third-order valence-electron chi connectivity index (χ3n) is 4.59. The van der Waals surface area contributed by atoms with Gasteiger partial charge in [0.15, 0.2) is 6.61 Å². The van der Waals surface area contributed by atoms with Crippen LogP contribution in [0.15, 0.2) is 48.5 Å². The number of hydrogen-bond donors (Lipinski definition) is 1.